The maximum atomic E-state index is 13.8. The van der Waals surface area contributed by atoms with Crippen molar-refractivity contribution in [2.75, 3.05) is 18.9 Å². The number of para-hydroxylation sites is 1. The average molecular weight is 402 g/mol. The number of quaternary nitrogens is 1. The molecule has 2 aromatic carbocycles. The Morgan fingerprint density at radius 3 is 2.64 bits per heavy atom. The highest BCUT2D eigenvalue weighted by atomic mass is 35.5. The summed E-state index contributed by atoms with van der Waals surface area (Å²) in [6.45, 7) is 4.82. The Bertz CT molecular complexity index is 988. The standard InChI is InChI=1S/C21H22ClFN4O/c1-14-18(15(2)27(25-14)17-7-5-4-6-8-17)12-26(3)13-21(28)24-20-11-16(22)9-10-19(20)23/h4-11H,12-13H2,1-3H3,(H,24,28)/p+1. The molecule has 3 rings (SSSR count). The van der Waals surface area contributed by atoms with Crippen LogP contribution in [0, 0.1) is 19.7 Å². The molecule has 0 fully saturated rings. The second-order valence-corrected chi connectivity index (χ2v) is 7.32. The van der Waals surface area contributed by atoms with Gasteiger partial charge in [0.2, 0.25) is 0 Å². The summed E-state index contributed by atoms with van der Waals surface area (Å²) in [5, 5.41) is 7.60. The maximum absolute atomic E-state index is 13.8. The van der Waals surface area contributed by atoms with E-state index in [2.05, 4.69) is 10.4 Å². The summed E-state index contributed by atoms with van der Waals surface area (Å²) in [6.07, 6.45) is 0. The number of amides is 1. The molecule has 0 saturated heterocycles. The summed E-state index contributed by atoms with van der Waals surface area (Å²) < 4.78 is 15.7. The van der Waals surface area contributed by atoms with Gasteiger partial charge in [0.05, 0.1) is 35.4 Å². The number of halogens is 2. The number of nitrogens with one attached hydrogen (secondary N) is 2. The lowest BCUT2D eigenvalue weighted by Gasteiger charge is -2.15. The lowest BCUT2D eigenvalue weighted by Crippen LogP contribution is -3.08. The van der Waals surface area contributed by atoms with Crippen LogP contribution in [0.15, 0.2) is 48.5 Å². The minimum atomic E-state index is -0.508. The molecular formula is C21H23ClFN4O+. The number of likely N-dealkylation sites (N-methyl/N-ethyl adjacent to an activating group) is 1. The number of hydrogen-bond donors (Lipinski definition) is 2. The molecule has 0 bridgehead atoms. The van der Waals surface area contributed by atoms with Crippen molar-refractivity contribution in [3.8, 4) is 5.69 Å². The molecule has 1 heterocycles. The fraction of sp³-hybridized carbons (Fsp3) is 0.238. The van der Waals surface area contributed by atoms with Gasteiger partial charge in [-0.25, -0.2) is 9.07 Å². The van der Waals surface area contributed by atoms with Crippen molar-refractivity contribution >= 4 is 23.2 Å². The van der Waals surface area contributed by atoms with Crippen molar-refractivity contribution in [1.82, 2.24) is 9.78 Å². The third-order valence-corrected chi connectivity index (χ3v) is 4.82. The number of aryl methyl sites for hydroxylation is 1. The molecule has 0 radical (unpaired) electrons. The normalized spacial score (nSPS) is 12.0. The zero-order valence-corrected chi connectivity index (χ0v) is 16.8. The highest BCUT2D eigenvalue weighted by molar-refractivity contribution is 6.30. The number of aromatic nitrogens is 2. The van der Waals surface area contributed by atoms with E-state index in [0.29, 0.717) is 11.6 Å². The number of hydrogen-bond acceptors (Lipinski definition) is 2. The van der Waals surface area contributed by atoms with Crippen LogP contribution in [-0.2, 0) is 11.3 Å². The zero-order chi connectivity index (χ0) is 20.3. The second kappa shape index (κ2) is 8.54. The molecule has 0 aliphatic heterocycles. The zero-order valence-electron chi connectivity index (χ0n) is 16.1. The van der Waals surface area contributed by atoms with E-state index in [1.165, 1.54) is 18.2 Å². The van der Waals surface area contributed by atoms with Crippen LogP contribution in [0.1, 0.15) is 17.0 Å². The van der Waals surface area contributed by atoms with Crippen LogP contribution in [-0.4, -0.2) is 29.3 Å². The summed E-state index contributed by atoms with van der Waals surface area (Å²) in [7, 11) is 1.92. The van der Waals surface area contributed by atoms with Crippen LogP contribution < -0.4 is 10.2 Å². The van der Waals surface area contributed by atoms with Crippen molar-refractivity contribution in [2.24, 2.45) is 0 Å². The van der Waals surface area contributed by atoms with E-state index in [-0.39, 0.29) is 18.1 Å². The van der Waals surface area contributed by atoms with E-state index in [1.54, 1.807) is 0 Å². The summed E-state index contributed by atoms with van der Waals surface area (Å²) in [4.78, 5) is 13.3. The monoisotopic (exact) mass is 401 g/mol. The highest BCUT2D eigenvalue weighted by Gasteiger charge is 2.19. The quantitative estimate of drug-likeness (QED) is 0.667. The third-order valence-electron chi connectivity index (χ3n) is 4.59. The van der Waals surface area contributed by atoms with Crippen molar-refractivity contribution in [2.45, 2.75) is 20.4 Å². The Labute approximate surface area is 168 Å². The maximum Gasteiger partial charge on any atom is 0.279 e. The molecule has 1 aromatic heterocycles. The van der Waals surface area contributed by atoms with Gasteiger partial charge in [-0.05, 0) is 44.2 Å². The third kappa shape index (κ3) is 4.58. The minimum Gasteiger partial charge on any atom is -0.326 e. The van der Waals surface area contributed by atoms with Crippen molar-refractivity contribution in [3.05, 3.63) is 76.3 Å². The van der Waals surface area contributed by atoms with Gasteiger partial charge in [-0.3, -0.25) is 4.79 Å². The molecule has 0 aliphatic rings. The molecule has 0 saturated carbocycles. The van der Waals surface area contributed by atoms with E-state index in [1.807, 2.05) is 55.9 Å². The first-order valence-electron chi connectivity index (χ1n) is 9.02. The summed E-state index contributed by atoms with van der Waals surface area (Å²) >= 11 is 5.87. The first-order valence-corrected chi connectivity index (χ1v) is 9.39. The fourth-order valence-corrected chi connectivity index (χ4v) is 3.35. The predicted molar refractivity (Wildman–Crippen MR) is 109 cm³/mol. The van der Waals surface area contributed by atoms with Crippen molar-refractivity contribution in [3.63, 3.8) is 0 Å². The summed E-state index contributed by atoms with van der Waals surface area (Å²) in [5.41, 5.74) is 4.17. The smallest absolute Gasteiger partial charge is 0.279 e. The molecule has 1 unspecified atom stereocenters. The SMILES string of the molecule is Cc1nn(-c2ccccc2)c(C)c1C[NH+](C)CC(=O)Nc1cc(Cl)ccc1F. The Balaban J connectivity index is 1.68. The molecule has 5 nitrogen and oxygen atoms in total. The van der Waals surface area contributed by atoms with E-state index in [4.69, 9.17) is 11.6 Å². The molecular weight excluding hydrogens is 379 g/mol. The van der Waals surface area contributed by atoms with Crippen LogP contribution in [0.4, 0.5) is 10.1 Å². The molecule has 3 aromatic rings. The van der Waals surface area contributed by atoms with Crippen molar-refractivity contribution in [1.29, 1.82) is 0 Å². The first-order chi connectivity index (χ1) is 13.3. The van der Waals surface area contributed by atoms with Crippen molar-refractivity contribution < 1.29 is 14.1 Å². The Hall–Kier alpha value is -2.70. The van der Waals surface area contributed by atoms with Gasteiger partial charge in [0.15, 0.2) is 6.54 Å². The topological polar surface area (TPSA) is 51.4 Å². The Morgan fingerprint density at radius 1 is 1.21 bits per heavy atom. The van der Waals surface area contributed by atoms with Crippen LogP contribution >= 0.6 is 11.6 Å². The van der Waals surface area contributed by atoms with Gasteiger partial charge >= 0.3 is 0 Å². The molecule has 146 valence electrons. The van der Waals surface area contributed by atoms with Crippen LogP contribution in [0.2, 0.25) is 5.02 Å². The molecule has 0 spiro atoms. The van der Waals surface area contributed by atoms with Gasteiger partial charge < -0.3 is 10.2 Å². The van der Waals surface area contributed by atoms with E-state index in [0.717, 1.165) is 27.5 Å². The minimum absolute atomic E-state index is 0.0922. The lowest BCUT2D eigenvalue weighted by molar-refractivity contribution is -0.885. The number of rotatable bonds is 6. The van der Waals surface area contributed by atoms with Gasteiger partial charge in [-0.2, -0.15) is 5.10 Å². The van der Waals surface area contributed by atoms with E-state index >= 15 is 0 Å². The number of anilines is 1. The lowest BCUT2D eigenvalue weighted by atomic mass is 10.2. The van der Waals surface area contributed by atoms with Crippen LogP contribution in [0.25, 0.3) is 5.69 Å². The number of carbonyl (C=O) groups is 1. The predicted octanol–water partition coefficient (Wildman–Crippen LogP) is 2.94. The molecule has 7 heteroatoms. The molecule has 28 heavy (non-hydrogen) atoms. The molecule has 1 amide bonds. The number of benzene rings is 2. The van der Waals surface area contributed by atoms with Gasteiger partial charge in [0, 0.05) is 5.02 Å². The molecule has 2 N–H and O–H groups in total. The first kappa shape index (κ1) is 20.0. The van der Waals surface area contributed by atoms with E-state index in [9.17, 15) is 9.18 Å². The Kier molecular flexibility index (Phi) is 6.11. The summed E-state index contributed by atoms with van der Waals surface area (Å²) in [5.74, 6) is -0.782. The van der Waals surface area contributed by atoms with E-state index < -0.39 is 5.82 Å². The summed E-state index contributed by atoms with van der Waals surface area (Å²) in [6, 6.07) is 14.0. The average Bonchev–Trinajstić information content (AvgIpc) is 2.93. The molecule has 0 aliphatic carbocycles. The number of carbonyl (C=O) groups excluding carboxylic acids is 1. The van der Waals surface area contributed by atoms with Gasteiger partial charge in [-0.1, -0.05) is 29.8 Å². The largest absolute Gasteiger partial charge is 0.326 e. The second-order valence-electron chi connectivity index (χ2n) is 6.88. The highest BCUT2D eigenvalue weighted by Crippen LogP contribution is 2.19. The molecule has 1 atom stereocenters. The van der Waals surface area contributed by atoms with Gasteiger partial charge in [-0.15, -0.1) is 0 Å². The van der Waals surface area contributed by atoms with Gasteiger partial charge in [0.1, 0.15) is 12.4 Å². The van der Waals surface area contributed by atoms with Gasteiger partial charge in [0.25, 0.3) is 5.91 Å². The fourth-order valence-electron chi connectivity index (χ4n) is 3.18. The van der Waals surface area contributed by atoms with Crippen LogP contribution in [0.5, 0.6) is 0 Å². The number of nitrogens with zero attached hydrogens (tertiary/aromatic N) is 2. The Morgan fingerprint density at radius 2 is 1.93 bits per heavy atom. The van der Waals surface area contributed by atoms with Crippen LogP contribution in [0.3, 0.4) is 0 Å².